The summed E-state index contributed by atoms with van der Waals surface area (Å²) in [6.45, 7) is 3.71. The van der Waals surface area contributed by atoms with Gasteiger partial charge in [-0.3, -0.25) is 4.68 Å². The molecule has 0 aromatic carbocycles. The quantitative estimate of drug-likeness (QED) is 0.667. The highest BCUT2D eigenvalue weighted by atomic mass is 32.2. The van der Waals surface area contributed by atoms with Crippen molar-refractivity contribution in [3.63, 3.8) is 0 Å². The molecular weight excluding hydrogens is 459 g/mol. The summed E-state index contributed by atoms with van der Waals surface area (Å²) in [6.07, 6.45) is 1.60. The number of aromatic nitrogens is 4. The molecule has 2 N–H and O–H groups in total. The number of anilines is 1. The van der Waals surface area contributed by atoms with Gasteiger partial charge in [-0.1, -0.05) is 0 Å². The zero-order valence-corrected chi connectivity index (χ0v) is 19.4. The number of sulfonamides is 1. The molecule has 13 heteroatoms. The molecule has 0 spiro atoms. The summed E-state index contributed by atoms with van der Waals surface area (Å²) in [4.78, 5) is 8.66. The fourth-order valence-corrected chi connectivity index (χ4v) is 5.32. The number of aryl methyl sites for hydroxylation is 1. The number of nitrogens with zero attached hydrogens (tertiary/aromatic N) is 5. The molecule has 182 valence electrons. The molecule has 2 fully saturated rings. The number of halogens is 3. The Bertz CT molecular complexity index is 1090. The molecule has 2 aliphatic heterocycles. The summed E-state index contributed by atoms with van der Waals surface area (Å²) < 4.78 is 68.3. The molecule has 4 rings (SSSR count). The molecule has 0 bridgehead atoms. The van der Waals surface area contributed by atoms with E-state index in [2.05, 4.69) is 25.7 Å². The van der Waals surface area contributed by atoms with Gasteiger partial charge in [0, 0.05) is 25.3 Å². The van der Waals surface area contributed by atoms with Gasteiger partial charge >= 0.3 is 6.18 Å². The smallest absolute Gasteiger partial charge is 0.351 e. The van der Waals surface area contributed by atoms with E-state index in [-0.39, 0.29) is 29.3 Å². The first kappa shape index (κ1) is 23.9. The predicted octanol–water partition coefficient (Wildman–Crippen LogP) is 2.43. The lowest BCUT2D eigenvalue weighted by atomic mass is 10.0. The van der Waals surface area contributed by atoms with Crippen LogP contribution in [-0.4, -0.2) is 70.9 Å². The highest BCUT2D eigenvalue weighted by Crippen LogP contribution is 2.40. The Hall–Kier alpha value is -2.25. The fraction of sp³-hybridized carbons (Fsp3) is 0.650. The highest BCUT2D eigenvalue weighted by molar-refractivity contribution is 7.88. The van der Waals surface area contributed by atoms with E-state index in [0.717, 1.165) is 4.68 Å². The molecule has 0 amide bonds. The largest absolute Gasteiger partial charge is 0.433 e. The van der Waals surface area contributed by atoms with Crippen LogP contribution in [0.3, 0.4) is 0 Å². The van der Waals surface area contributed by atoms with Crippen LogP contribution < -0.4 is 10.6 Å². The van der Waals surface area contributed by atoms with Gasteiger partial charge in [0.2, 0.25) is 16.0 Å². The molecule has 0 saturated carbocycles. The lowest BCUT2D eigenvalue weighted by Gasteiger charge is -2.30. The van der Waals surface area contributed by atoms with Gasteiger partial charge in [-0.05, 0) is 51.3 Å². The molecular formula is C20H28F3N7O2S. The van der Waals surface area contributed by atoms with Gasteiger partial charge in [0.25, 0.3) is 0 Å². The molecule has 0 atom stereocenters. The maximum atomic E-state index is 14.1. The average Bonchev–Trinajstić information content (AvgIpc) is 3.21. The molecule has 9 nitrogen and oxygen atoms in total. The van der Waals surface area contributed by atoms with Crippen LogP contribution in [0.2, 0.25) is 0 Å². The first-order chi connectivity index (χ1) is 15.5. The summed E-state index contributed by atoms with van der Waals surface area (Å²) >= 11 is 0. The van der Waals surface area contributed by atoms with Crippen molar-refractivity contribution in [1.82, 2.24) is 29.4 Å². The highest BCUT2D eigenvalue weighted by Gasteiger charge is 2.41. The topological polar surface area (TPSA) is 105 Å². The first-order valence-electron chi connectivity index (χ1n) is 10.9. The maximum Gasteiger partial charge on any atom is 0.433 e. The van der Waals surface area contributed by atoms with Crippen molar-refractivity contribution in [1.29, 1.82) is 0 Å². The zero-order chi connectivity index (χ0) is 23.8. The van der Waals surface area contributed by atoms with Crippen molar-refractivity contribution in [2.45, 2.75) is 50.9 Å². The molecule has 0 aliphatic carbocycles. The minimum absolute atomic E-state index is 0.0594. The summed E-state index contributed by atoms with van der Waals surface area (Å²) in [5, 5.41) is 10.4. The minimum Gasteiger partial charge on any atom is -0.351 e. The molecule has 2 aromatic heterocycles. The van der Waals surface area contributed by atoms with E-state index in [9.17, 15) is 21.6 Å². The van der Waals surface area contributed by atoms with Gasteiger partial charge in [-0.15, -0.1) is 0 Å². The van der Waals surface area contributed by atoms with Gasteiger partial charge in [0.1, 0.15) is 0 Å². The maximum absolute atomic E-state index is 14.1. The van der Waals surface area contributed by atoms with Crippen LogP contribution in [0.4, 0.5) is 19.1 Å². The summed E-state index contributed by atoms with van der Waals surface area (Å²) in [6, 6.07) is -0.394. The van der Waals surface area contributed by atoms with Crippen LogP contribution in [0, 0.1) is 6.92 Å². The van der Waals surface area contributed by atoms with E-state index in [1.165, 1.54) is 23.0 Å². The lowest BCUT2D eigenvalue weighted by molar-refractivity contribution is -0.144. The fourth-order valence-electron chi connectivity index (χ4n) is 4.44. The Morgan fingerprint density at radius 2 is 1.79 bits per heavy atom. The molecule has 33 heavy (non-hydrogen) atoms. The van der Waals surface area contributed by atoms with E-state index in [4.69, 9.17) is 0 Å². The third kappa shape index (κ3) is 5.30. The van der Waals surface area contributed by atoms with Crippen molar-refractivity contribution in [2.75, 3.05) is 37.8 Å². The molecule has 4 heterocycles. The average molecular weight is 488 g/mol. The Morgan fingerprint density at radius 1 is 1.12 bits per heavy atom. The Balaban J connectivity index is 1.60. The first-order valence-corrected chi connectivity index (χ1v) is 12.8. The van der Waals surface area contributed by atoms with E-state index in [0.29, 0.717) is 57.4 Å². The Labute approximate surface area is 190 Å². The third-order valence-corrected chi connectivity index (χ3v) is 7.50. The molecule has 2 aromatic rings. The van der Waals surface area contributed by atoms with Crippen molar-refractivity contribution in [2.24, 2.45) is 0 Å². The Kier molecular flexibility index (Phi) is 6.65. The molecule has 2 aliphatic rings. The van der Waals surface area contributed by atoms with Gasteiger partial charge in [0.15, 0.2) is 5.69 Å². The molecule has 0 radical (unpaired) electrons. The van der Waals surface area contributed by atoms with E-state index >= 15 is 0 Å². The van der Waals surface area contributed by atoms with E-state index < -0.39 is 21.9 Å². The van der Waals surface area contributed by atoms with Crippen LogP contribution in [0.1, 0.15) is 43.0 Å². The van der Waals surface area contributed by atoms with E-state index in [1.54, 1.807) is 6.92 Å². The predicted molar refractivity (Wildman–Crippen MR) is 117 cm³/mol. The van der Waals surface area contributed by atoms with Gasteiger partial charge in [0.05, 0.1) is 29.8 Å². The third-order valence-electron chi connectivity index (χ3n) is 6.20. The number of alkyl halides is 3. The van der Waals surface area contributed by atoms with Crippen LogP contribution in [0.5, 0.6) is 0 Å². The van der Waals surface area contributed by atoms with E-state index in [1.807, 2.05) is 0 Å². The number of nitrogens with one attached hydrogen (secondary N) is 2. The molecule has 2 saturated heterocycles. The minimum atomic E-state index is -4.58. The summed E-state index contributed by atoms with van der Waals surface area (Å²) in [7, 11) is -3.24. The van der Waals surface area contributed by atoms with Gasteiger partial charge in [-0.25, -0.2) is 22.7 Å². The SMILES string of the molecule is Cc1cnc(NC2CCN(S(C)(=O)=O)CC2)nc1-c1cnn(C2CCNCC2)c1C(F)(F)F. The van der Waals surface area contributed by atoms with Crippen LogP contribution in [0.15, 0.2) is 12.4 Å². The second-order valence-corrected chi connectivity index (χ2v) is 10.6. The number of hydrogen-bond acceptors (Lipinski definition) is 7. The zero-order valence-electron chi connectivity index (χ0n) is 18.6. The number of piperidine rings is 2. The summed E-state index contributed by atoms with van der Waals surface area (Å²) in [5.41, 5.74) is -0.143. The van der Waals surface area contributed by atoms with Crippen molar-refractivity contribution in [3.8, 4) is 11.3 Å². The standard InChI is InChI=1S/C20H28F3N7O2S/c1-13-11-25-19(27-14-5-9-29(10-6-14)33(2,31)32)28-17(13)16-12-26-30(18(16)20(21,22)23)15-3-7-24-8-4-15/h11-12,14-15,24H,3-10H2,1-2H3,(H,25,27,28). The second-order valence-electron chi connectivity index (χ2n) is 8.64. The van der Waals surface area contributed by atoms with Crippen molar-refractivity contribution in [3.05, 3.63) is 23.7 Å². The van der Waals surface area contributed by atoms with Gasteiger partial charge < -0.3 is 10.6 Å². The lowest BCUT2D eigenvalue weighted by Crippen LogP contribution is -2.42. The number of hydrogen-bond donors (Lipinski definition) is 2. The Morgan fingerprint density at radius 3 is 2.39 bits per heavy atom. The second kappa shape index (κ2) is 9.18. The van der Waals surface area contributed by atoms with Crippen LogP contribution in [0.25, 0.3) is 11.3 Å². The monoisotopic (exact) mass is 487 g/mol. The number of rotatable bonds is 5. The van der Waals surface area contributed by atoms with Crippen molar-refractivity contribution >= 4 is 16.0 Å². The normalized spacial score (nSPS) is 19.7. The summed E-state index contributed by atoms with van der Waals surface area (Å²) in [5.74, 6) is 0.219. The molecule has 0 unspecified atom stereocenters. The van der Waals surface area contributed by atoms with Crippen LogP contribution >= 0.6 is 0 Å². The van der Waals surface area contributed by atoms with Gasteiger partial charge in [-0.2, -0.15) is 18.3 Å². The van der Waals surface area contributed by atoms with Crippen molar-refractivity contribution < 1.29 is 21.6 Å². The van der Waals surface area contributed by atoms with Crippen LogP contribution in [-0.2, 0) is 16.2 Å².